The van der Waals surface area contributed by atoms with E-state index >= 15 is 0 Å². The molecule has 0 aliphatic carbocycles. The van der Waals surface area contributed by atoms with Crippen molar-refractivity contribution in [2.75, 3.05) is 26.7 Å². The summed E-state index contributed by atoms with van der Waals surface area (Å²) in [5.41, 5.74) is 5.57. The van der Waals surface area contributed by atoms with Gasteiger partial charge in [-0.05, 0) is 25.8 Å². The molecule has 0 aliphatic rings. The van der Waals surface area contributed by atoms with Crippen molar-refractivity contribution in [2.24, 2.45) is 11.1 Å². The second kappa shape index (κ2) is 6.08. The Morgan fingerprint density at radius 1 is 1.47 bits per heavy atom. The van der Waals surface area contributed by atoms with Crippen LogP contribution in [-0.2, 0) is 9.53 Å². The van der Waals surface area contributed by atoms with Crippen LogP contribution >= 0.6 is 0 Å². The average molecular weight is 216 g/mol. The van der Waals surface area contributed by atoms with Crippen LogP contribution in [0.3, 0.4) is 0 Å². The molecule has 0 saturated carbocycles. The van der Waals surface area contributed by atoms with Crippen molar-refractivity contribution >= 4 is 5.91 Å². The molecule has 0 aromatic rings. The van der Waals surface area contributed by atoms with Gasteiger partial charge in [-0.3, -0.25) is 4.79 Å². The minimum Gasteiger partial charge on any atom is -0.369 e. The van der Waals surface area contributed by atoms with Crippen LogP contribution in [0.4, 0.5) is 0 Å². The van der Waals surface area contributed by atoms with Gasteiger partial charge < -0.3 is 15.4 Å². The lowest BCUT2D eigenvalue weighted by molar-refractivity contribution is -0.137. The van der Waals surface area contributed by atoms with Crippen LogP contribution in [0, 0.1) is 5.41 Å². The summed E-state index contributed by atoms with van der Waals surface area (Å²) in [4.78, 5) is 13.3. The van der Waals surface area contributed by atoms with Crippen LogP contribution in [0.2, 0.25) is 0 Å². The second-order valence-corrected chi connectivity index (χ2v) is 4.98. The molecule has 4 heteroatoms. The normalized spacial score (nSPS) is 11.9. The Morgan fingerprint density at radius 3 is 2.40 bits per heavy atom. The molecule has 0 heterocycles. The van der Waals surface area contributed by atoms with E-state index in [1.807, 2.05) is 27.7 Å². The third-order valence-corrected chi connectivity index (χ3v) is 2.18. The molecule has 15 heavy (non-hydrogen) atoms. The molecular weight excluding hydrogens is 192 g/mol. The van der Waals surface area contributed by atoms with Gasteiger partial charge in [0.25, 0.3) is 0 Å². The minimum absolute atomic E-state index is 0.00484. The molecule has 1 amide bonds. The van der Waals surface area contributed by atoms with Gasteiger partial charge in [-0.2, -0.15) is 0 Å². The van der Waals surface area contributed by atoms with E-state index in [1.165, 1.54) is 0 Å². The summed E-state index contributed by atoms with van der Waals surface area (Å²) in [5, 5.41) is 0. The van der Waals surface area contributed by atoms with Crippen molar-refractivity contribution in [3.8, 4) is 0 Å². The second-order valence-electron chi connectivity index (χ2n) is 4.98. The summed E-state index contributed by atoms with van der Waals surface area (Å²) in [7, 11) is 1.78. The molecule has 0 bridgehead atoms. The molecule has 0 aromatic heterocycles. The van der Waals surface area contributed by atoms with Gasteiger partial charge in [0.2, 0.25) is 5.91 Å². The maximum absolute atomic E-state index is 11.6. The summed E-state index contributed by atoms with van der Waals surface area (Å²) < 4.78 is 5.25. The largest absolute Gasteiger partial charge is 0.369 e. The Bertz CT molecular complexity index is 203. The highest BCUT2D eigenvalue weighted by Crippen LogP contribution is 2.13. The molecule has 0 saturated heterocycles. The summed E-state index contributed by atoms with van der Waals surface area (Å²) in [6.45, 7) is 9.28. The number of carbonyl (C=O) groups excluding carboxylic acids is 1. The summed E-state index contributed by atoms with van der Waals surface area (Å²) in [6, 6.07) is 0. The molecular formula is C11H24N2O2. The van der Waals surface area contributed by atoms with Crippen LogP contribution in [0.25, 0.3) is 0 Å². The Hall–Kier alpha value is -0.610. The molecule has 0 aromatic carbocycles. The van der Waals surface area contributed by atoms with E-state index in [4.69, 9.17) is 10.5 Å². The SMILES string of the molecule is CC(C)OCC(=O)N(C)CC(C)(C)CN. The Labute approximate surface area is 92.8 Å². The van der Waals surface area contributed by atoms with E-state index in [-0.39, 0.29) is 24.0 Å². The van der Waals surface area contributed by atoms with E-state index in [1.54, 1.807) is 11.9 Å². The third-order valence-electron chi connectivity index (χ3n) is 2.18. The van der Waals surface area contributed by atoms with Crippen LogP contribution in [-0.4, -0.2) is 43.7 Å². The maximum atomic E-state index is 11.6. The van der Waals surface area contributed by atoms with E-state index in [0.717, 1.165) is 0 Å². The van der Waals surface area contributed by atoms with Crippen LogP contribution in [0.5, 0.6) is 0 Å². The molecule has 0 unspecified atom stereocenters. The van der Waals surface area contributed by atoms with Crippen molar-refractivity contribution in [2.45, 2.75) is 33.8 Å². The van der Waals surface area contributed by atoms with Crippen LogP contribution in [0.1, 0.15) is 27.7 Å². The van der Waals surface area contributed by atoms with Crippen molar-refractivity contribution in [3.05, 3.63) is 0 Å². The fraction of sp³-hybridized carbons (Fsp3) is 0.909. The van der Waals surface area contributed by atoms with E-state index < -0.39 is 0 Å². The first-order valence-electron chi connectivity index (χ1n) is 5.34. The van der Waals surface area contributed by atoms with Crippen molar-refractivity contribution in [1.29, 1.82) is 0 Å². The topological polar surface area (TPSA) is 55.6 Å². The van der Waals surface area contributed by atoms with Gasteiger partial charge in [-0.15, -0.1) is 0 Å². The number of ether oxygens (including phenoxy) is 1. The standard InChI is InChI=1S/C11H24N2O2/c1-9(2)15-6-10(14)13(5)8-11(3,4)7-12/h9H,6-8,12H2,1-5H3. The number of carbonyl (C=O) groups is 1. The summed E-state index contributed by atoms with van der Waals surface area (Å²) >= 11 is 0. The molecule has 0 rings (SSSR count). The average Bonchev–Trinajstić information content (AvgIpc) is 2.13. The first-order valence-corrected chi connectivity index (χ1v) is 5.34. The molecule has 0 aliphatic heterocycles. The van der Waals surface area contributed by atoms with Gasteiger partial charge >= 0.3 is 0 Å². The van der Waals surface area contributed by atoms with E-state index in [0.29, 0.717) is 13.1 Å². The highest BCUT2D eigenvalue weighted by atomic mass is 16.5. The van der Waals surface area contributed by atoms with Crippen LogP contribution < -0.4 is 5.73 Å². The number of rotatable bonds is 6. The summed E-state index contributed by atoms with van der Waals surface area (Å²) in [5.74, 6) is 0.00484. The number of likely N-dealkylation sites (N-methyl/N-ethyl adjacent to an activating group) is 1. The number of nitrogens with zero attached hydrogens (tertiary/aromatic N) is 1. The van der Waals surface area contributed by atoms with Crippen molar-refractivity contribution in [3.63, 3.8) is 0 Å². The lowest BCUT2D eigenvalue weighted by Gasteiger charge is -2.29. The first kappa shape index (κ1) is 14.4. The van der Waals surface area contributed by atoms with Crippen LogP contribution in [0.15, 0.2) is 0 Å². The predicted molar refractivity (Wildman–Crippen MR) is 61.6 cm³/mol. The number of nitrogens with two attached hydrogens (primary N) is 1. The lowest BCUT2D eigenvalue weighted by atomic mass is 9.93. The number of hydrogen-bond donors (Lipinski definition) is 1. The first-order chi connectivity index (χ1) is 6.78. The van der Waals surface area contributed by atoms with Crippen molar-refractivity contribution < 1.29 is 9.53 Å². The zero-order valence-electron chi connectivity index (χ0n) is 10.5. The molecule has 0 atom stereocenters. The number of hydrogen-bond acceptors (Lipinski definition) is 3. The highest BCUT2D eigenvalue weighted by molar-refractivity contribution is 5.77. The maximum Gasteiger partial charge on any atom is 0.248 e. The predicted octanol–water partition coefficient (Wildman–Crippen LogP) is 0.855. The zero-order chi connectivity index (χ0) is 12.1. The van der Waals surface area contributed by atoms with Gasteiger partial charge in [-0.25, -0.2) is 0 Å². The molecule has 2 N–H and O–H groups in total. The minimum atomic E-state index is -0.0394. The van der Waals surface area contributed by atoms with Gasteiger partial charge in [0.1, 0.15) is 6.61 Å². The smallest absolute Gasteiger partial charge is 0.248 e. The Morgan fingerprint density at radius 2 is 2.00 bits per heavy atom. The van der Waals surface area contributed by atoms with Crippen molar-refractivity contribution in [1.82, 2.24) is 4.90 Å². The molecule has 0 radical (unpaired) electrons. The van der Waals surface area contributed by atoms with E-state index in [2.05, 4.69) is 0 Å². The monoisotopic (exact) mass is 216 g/mol. The van der Waals surface area contributed by atoms with Gasteiger partial charge in [0.15, 0.2) is 0 Å². The Kier molecular flexibility index (Phi) is 5.83. The van der Waals surface area contributed by atoms with Gasteiger partial charge in [-0.1, -0.05) is 13.8 Å². The van der Waals surface area contributed by atoms with Gasteiger partial charge in [0.05, 0.1) is 6.10 Å². The fourth-order valence-corrected chi connectivity index (χ4v) is 1.14. The van der Waals surface area contributed by atoms with Gasteiger partial charge in [0, 0.05) is 13.6 Å². The Balaban J connectivity index is 3.99. The number of amides is 1. The molecule has 0 fully saturated rings. The highest BCUT2D eigenvalue weighted by Gasteiger charge is 2.21. The quantitative estimate of drug-likeness (QED) is 0.716. The fourth-order valence-electron chi connectivity index (χ4n) is 1.14. The zero-order valence-corrected chi connectivity index (χ0v) is 10.5. The molecule has 90 valence electrons. The molecule has 4 nitrogen and oxygen atoms in total. The summed E-state index contributed by atoms with van der Waals surface area (Å²) in [6.07, 6.45) is 0.0878. The van der Waals surface area contributed by atoms with E-state index in [9.17, 15) is 4.79 Å². The third kappa shape index (κ3) is 6.47. The molecule has 0 spiro atoms. The lowest BCUT2D eigenvalue weighted by Crippen LogP contribution is -2.41.